The number of nitrogens with zero attached hydrogens (tertiary/aromatic N) is 3. The number of aryl methyl sites for hydroxylation is 1. The number of hydrogen-bond acceptors (Lipinski definition) is 6. The van der Waals surface area contributed by atoms with E-state index in [0.29, 0.717) is 22.5 Å². The van der Waals surface area contributed by atoms with Gasteiger partial charge in [0.1, 0.15) is 18.3 Å². The number of aliphatic imine (C=N–C) groups is 1. The minimum Gasteiger partial charge on any atom is -0.383 e. The topological polar surface area (TPSA) is 66.5 Å². The number of rotatable bonds is 3. The van der Waals surface area contributed by atoms with E-state index in [2.05, 4.69) is 45.3 Å². The molecule has 0 unspecified atom stereocenters. The fraction of sp³-hybridized carbons (Fsp3) is 0.0909. The van der Waals surface area contributed by atoms with Crippen molar-refractivity contribution >= 4 is 74.0 Å². The van der Waals surface area contributed by atoms with Gasteiger partial charge in [-0.1, -0.05) is 35.3 Å². The van der Waals surface area contributed by atoms with Gasteiger partial charge >= 0.3 is 0 Å². The number of nitrogens with one attached hydrogen (secondary N) is 1. The Bertz CT molecular complexity index is 1310. The smallest absolute Gasteiger partial charge is 0.139 e. The summed E-state index contributed by atoms with van der Waals surface area (Å²) in [7, 11) is 0. The summed E-state index contributed by atoms with van der Waals surface area (Å²) in [5, 5.41) is 8.51. The van der Waals surface area contributed by atoms with Crippen molar-refractivity contribution in [3.8, 4) is 0 Å². The second kappa shape index (κ2) is 7.47. The van der Waals surface area contributed by atoms with E-state index in [0.717, 1.165) is 44.1 Å². The van der Waals surface area contributed by atoms with Crippen LogP contribution in [0.2, 0.25) is 10.0 Å². The molecule has 2 aromatic carbocycles. The summed E-state index contributed by atoms with van der Waals surface area (Å²) in [6, 6.07) is 13.7. The van der Waals surface area contributed by atoms with E-state index in [9.17, 15) is 0 Å². The Kier molecular flexibility index (Phi) is 4.77. The predicted molar refractivity (Wildman–Crippen MR) is 128 cm³/mol. The Morgan fingerprint density at radius 2 is 1.93 bits per heavy atom. The number of pyridine rings is 1. The minimum atomic E-state index is 0.480. The Hall–Kier alpha value is -2.80. The van der Waals surface area contributed by atoms with Gasteiger partial charge in [0.25, 0.3) is 0 Å². The molecule has 0 bridgehead atoms. The lowest BCUT2D eigenvalue weighted by atomic mass is 10.0. The quantitative estimate of drug-likeness (QED) is 0.372. The monoisotopic (exact) mass is 453 g/mol. The van der Waals surface area contributed by atoms with Crippen LogP contribution in [0.25, 0.3) is 10.8 Å². The highest BCUT2D eigenvalue weighted by atomic mass is 35.5. The molecule has 0 atom stereocenters. The van der Waals surface area contributed by atoms with Crippen LogP contribution in [0.3, 0.4) is 0 Å². The SMILES string of the molecule is Cc1ccc2c(Nc3ccc(Cl)c(Cl)c3)nccc2c1N1CN=C(N)c2sccc21. The van der Waals surface area contributed by atoms with Gasteiger partial charge in [-0.15, -0.1) is 11.3 Å². The molecular weight excluding hydrogens is 437 g/mol. The van der Waals surface area contributed by atoms with Gasteiger partial charge < -0.3 is 16.0 Å². The zero-order valence-electron chi connectivity index (χ0n) is 16.0. The second-order valence-electron chi connectivity index (χ2n) is 6.99. The molecule has 0 amide bonds. The Labute approximate surface area is 187 Å². The van der Waals surface area contributed by atoms with E-state index >= 15 is 0 Å². The second-order valence-corrected chi connectivity index (χ2v) is 8.72. The molecule has 0 aliphatic carbocycles. The third-order valence-electron chi connectivity index (χ3n) is 5.12. The van der Waals surface area contributed by atoms with Crippen molar-refractivity contribution in [1.82, 2.24) is 4.98 Å². The van der Waals surface area contributed by atoms with E-state index in [1.165, 1.54) is 0 Å². The van der Waals surface area contributed by atoms with Crippen molar-refractivity contribution in [3.05, 3.63) is 74.5 Å². The van der Waals surface area contributed by atoms with Crippen LogP contribution in [0, 0.1) is 6.92 Å². The van der Waals surface area contributed by atoms with Gasteiger partial charge in [0, 0.05) is 22.7 Å². The molecule has 3 heterocycles. The lowest BCUT2D eigenvalue weighted by Gasteiger charge is -2.29. The number of anilines is 4. The van der Waals surface area contributed by atoms with Crippen molar-refractivity contribution in [2.45, 2.75) is 6.92 Å². The number of aromatic nitrogens is 1. The molecule has 0 spiro atoms. The molecule has 8 heteroatoms. The van der Waals surface area contributed by atoms with Crippen LogP contribution in [0.5, 0.6) is 0 Å². The predicted octanol–water partition coefficient (Wildman–Crippen LogP) is 6.47. The third kappa shape index (κ3) is 3.17. The van der Waals surface area contributed by atoms with Crippen LogP contribution >= 0.6 is 34.5 Å². The van der Waals surface area contributed by atoms with Crippen LogP contribution in [-0.2, 0) is 0 Å². The highest BCUT2D eigenvalue weighted by molar-refractivity contribution is 7.12. The van der Waals surface area contributed by atoms with Crippen molar-refractivity contribution in [2.24, 2.45) is 10.7 Å². The number of halogens is 2. The maximum absolute atomic E-state index is 6.17. The number of thiophene rings is 1. The fourth-order valence-electron chi connectivity index (χ4n) is 3.71. The number of fused-ring (bicyclic) bond motifs is 2. The van der Waals surface area contributed by atoms with E-state index in [4.69, 9.17) is 28.9 Å². The van der Waals surface area contributed by atoms with Gasteiger partial charge in [-0.25, -0.2) is 9.98 Å². The van der Waals surface area contributed by atoms with Crippen LogP contribution < -0.4 is 16.0 Å². The molecule has 150 valence electrons. The lowest BCUT2D eigenvalue weighted by Crippen LogP contribution is -2.28. The summed E-state index contributed by atoms with van der Waals surface area (Å²) < 4.78 is 0. The molecule has 5 nitrogen and oxygen atoms in total. The lowest BCUT2D eigenvalue weighted by molar-refractivity contribution is 0.965. The van der Waals surface area contributed by atoms with Gasteiger partial charge in [0.05, 0.1) is 26.3 Å². The third-order valence-corrected chi connectivity index (χ3v) is 6.79. The van der Waals surface area contributed by atoms with Gasteiger partial charge in [-0.2, -0.15) is 0 Å². The van der Waals surface area contributed by atoms with Crippen molar-refractivity contribution in [3.63, 3.8) is 0 Å². The molecule has 4 aromatic rings. The van der Waals surface area contributed by atoms with E-state index < -0.39 is 0 Å². The largest absolute Gasteiger partial charge is 0.383 e. The first-order chi connectivity index (χ1) is 14.5. The first-order valence-electron chi connectivity index (χ1n) is 9.28. The van der Waals surface area contributed by atoms with Crippen LogP contribution in [0.4, 0.5) is 22.9 Å². The summed E-state index contributed by atoms with van der Waals surface area (Å²) in [4.78, 5) is 12.3. The van der Waals surface area contributed by atoms with Crippen LogP contribution in [0.15, 0.2) is 59.0 Å². The zero-order valence-corrected chi connectivity index (χ0v) is 18.3. The summed E-state index contributed by atoms with van der Waals surface area (Å²) in [6.07, 6.45) is 1.81. The first kappa shape index (κ1) is 19.2. The summed E-state index contributed by atoms with van der Waals surface area (Å²) in [6.45, 7) is 2.59. The molecule has 2 aromatic heterocycles. The molecule has 30 heavy (non-hydrogen) atoms. The van der Waals surface area contributed by atoms with Crippen LogP contribution in [-0.4, -0.2) is 17.5 Å². The average Bonchev–Trinajstić information content (AvgIpc) is 3.23. The Balaban J connectivity index is 1.64. The number of amidine groups is 1. The van der Waals surface area contributed by atoms with Crippen molar-refractivity contribution < 1.29 is 0 Å². The average molecular weight is 454 g/mol. The molecule has 0 radical (unpaired) electrons. The van der Waals surface area contributed by atoms with Gasteiger partial charge in [-0.05, 0) is 48.2 Å². The van der Waals surface area contributed by atoms with E-state index in [-0.39, 0.29) is 0 Å². The minimum absolute atomic E-state index is 0.480. The molecule has 0 saturated heterocycles. The summed E-state index contributed by atoms with van der Waals surface area (Å²) in [5.41, 5.74) is 10.3. The van der Waals surface area contributed by atoms with Gasteiger partial charge in [0.2, 0.25) is 0 Å². The number of hydrogen-bond donors (Lipinski definition) is 2. The normalized spacial score (nSPS) is 13.3. The summed E-state index contributed by atoms with van der Waals surface area (Å²) >= 11 is 13.8. The molecule has 1 aliphatic rings. The van der Waals surface area contributed by atoms with E-state index in [1.54, 1.807) is 29.7 Å². The molecular formula is C22H17Cl2N5S. The fourth-order valence-corrected chi connectivity index (χ4v) is 4.82. The highest BCUT2D eigenvalue weighted by Gasteiger charge is 2.24. The Morgan fingerprint density at radius 1 is 1.07 bits per heavy atom. The molecule has 0 fully saturated rings. The van der Waals surface area contributed by atoms with Gasteiger partial charge in [-0.3, -0.25) is 0 Å². The standard InChI is InChI=1S/C22H17Cl2N5S/c1-12-2-4-15-14(19(12)29-11-27-21(25)20-18(29)7-9-30-20)6-8-26-22(15)28-13-3-5-16(23)17(24)10-13/h2-10H,11H2,1H3,(H2,25,27)(H,26,28). The number of benzene rings is 2. The van der Waals surface area contributed by atoms with Crippen molar-refractivity contribution in [2.75, 3.05) is 16.9 Å². The Morgan fingerprint density at radius 3 is 2.77 bits per heavy atom. The number of nitrogens with two attached hydrogens (primary N) is 1. The van der Waals surface area contributed by atoms with Gasteiger partial charge in [0.15, 0.2) is 0 Å². The van der Waals surface area contributed by atoms with Crippen molar-refractivity contribution in [1.29, 1.82) is 0 Å². The molecule has 3 N–H and O–H groups in total. The molecule has 5 rings (SSSR count). The molecule has 0 saturated carbocycles. The highest BCUT2D eigenvalue weighted by Crippen LogP contribution is 2.41. The zero-order chi connectivity index (χ0) is 20.8. The maximum Gasteiger partial charge on any atom is 0.139 e. The summed E-state index contributed by atoms with van der Waals surface area (Å²) in [5.74, 6) is 1.34. The van der Waals surface area contributed by atoms with E-state index in [1.807, 2.05) is 17.5 Å². The first-order valence-corrected chi connectivity index (χ1v) is 10.9. The molecule has 1 aliphatic heterocycles. The maximum atomic E-state index is 6.17. The van der Waals surface area contributed by atoms with Crippen LogP contribution in [0.1, 0.15) is 10.4 Å².